The fourth-order valence-corrected chi connectivity index (χ4v) is 4.37. The van der Waals surface area contributed by atoms with Crippen LogP contribution in [0.5, 0.6) is 5.75 Å². The maximum atomic E-state index is 12.9. The number of ether oxygens (including phenoxy) is 1. The van der Waals surface area contributed by atoms with Gasteiger partial charge in [0.15, 0.2) is 6.10 Å². The highest BCUT2D eigenvalue weighted by Crippen LogP contribution is 2.35. The highest BCUT2D eigenvalue weighted by atomic mass is 32.2. The van der Waals surface area contributed by atoms with Crippen molar-refractivity contribution in [1.82, 2.24) is 5.32 Å². The first-order chi connectivity index (χ1) is 13.4. The molecule has 28 heavy (non-hydrogen) atoms. The molecule has 0 saturated carbocycles. The van der Waals surface area contributed by atoms with Crippen LogP contribution in [0.25, 0.3) is 0 Å². The average molecular weight is 403 g/mol. The van der Waals surface area contributed by atoms with E-state index in [1.165, 1.54) is 4.31 Å². The summed E-state index contributed by atoms with van der Waals surface area (Å²) in [7, 11) is -3.52. The van der Waals surface area contributed by atoms with E-state index >= 15 is 0 Å². The average Bonchev–Trinajstić information content (AvgIpc) is 2.71. The topological polar surface area (TPSA) is 75.7 Å². The number of sulfonamides is 1. The number of amides is 1. The van der Waals surface area contributed by atoms with Gasteiger partial charge in [-0.3, -0.25) is 9.10 Å². The zero-order chi connectivity index (χ0) is 20.3. The Hall–Kier alpha value is -2.54. The molecule has 1 N–H and O–H groups in total. The first kappa shape index (κ1) is 20.2. The molecule has 0 unspecified atom stereocenters. The van der Waals surface area contributed by atoms with E-state index < -0.39 is 16.1 Å². The van der Waals surface area contributed by atoms with E-state index in [0.717, 1.165) is 17.5 Å². The number of benzene rings is 2. The van der Waals surface area contributed by atoms with Crippen LogP contribution in [0.3, 0.4) is 0 Å². The van der Waals surface area contributed by atoms with Gasteiger partial charge in [-0.15, -0.1) is 0 Å². The van der Waals surface area contributed by atoms with Crippen molar-refractivity contribution in [2.24, 2.45) is 0 Å². The van der Waals surface area contributed by atoms with E-state index in [-0.39, 0.29) is 24.2 Å². The molecule has 1 heterocycles. The van der Waals surface area contributed by atoms with Crippen LogP contribution in [-0.4, -0.2) is 32.7 Å². The molecular weight excluding hydrogens is 376 g/mol. The summed E-state index contributed by atoms with van der Waals surface area (Å²) in [6, 6.07) is 14.7. The predicted molar refractivity (Wildman–Crippen MR) is 110 cm³/mol. The summed E-state index contributed by atoms with van der Waals surface area (Å²) >= 11 is 0. The molecular formula is C21H26N2O4S. The number of hydrogen-bond acceptors (Lipinski definition) is 4. The highest BCUT2D eigenvalue weighted by Gasteiger charge is 2.36. The summed E-state index contributed by atoms with van der Waals surface area (Å²) in [6.45, 7) is 5.56. The largest absolute Gasteiger partial charge is 0.476 e. The lowest BCUT2D eigenvalue weighted by Gasteiger charge is -2.35. The van der Waals surface area contributed by atoms with Crippen molar-refractivity contribution in [3.8, 4) is 5.75 Å². The van der Waals surface area contributed by atoms with E-state index in [2.05, 4.69) is 5.32 Å². The fraction of sp³-hybridized carbons (Fsp3) is 0.381. The summed E-state index contributed by atoms with van der Waals surface area (Å²) in [5.41, 5.74) is 2.63. The van der Waals surface area contributed by atoms with Crippen molar-refractivity contribution in [2.45, 2.75) is 39.3 Å². The van der Waals surface area contributed by atoms with Gasteiger partial charge in [0.2, 0.25) is 10.0 Å². The Morgan fingerprint density at radius 2 is 1.86 bits per heavy atom. The van der Waals surface area contributed by atoms with Crippen LogP contribution in [0.4, 0.5) is 5.69 Å². The predicted octanol–water partition coefficient (Wildman–Crippen LogP) is 3.18. The first-order valence-corrected chi connectivity index (χ1v) is 11.1. The third kappa shape index (κ3) is 4.14. The van der Waals surface area contributed by atoms with Crippen molar-refractivity contribution in [2.75, 3.05) is 16.6 Å². The maximum Gasteiger partial charge on any atom is 0.263 e. The van der Waals surface area contributed by atoms with Crippen LogP contribution in [-0.2, 0) is 14.8 Å². The Morgan fingerprint density at radius 1 is 1.18 bits per heavy atom. The van der Waals surface area contributed by atoms with Gasteiger partial charge in [0.25, 0.3) is 5.91 Å². The van der Waals surface area contributed by atoms with Crippen molar-refractivity contribution in [3.63, 3.8) is 0 Å². The molecule has 7 heteroatoms. The lowest BCUT2D eigenvalue weighted by Crippen LogP contribution is -2.51. The number of fused-ring (bicyclic) bond motifs is 1. The van der Waals surface area contributed by atoms with Crippen LogP contribution in [0.1, 0.15) is 37.4 Å². The lowest BCUT2D eigenvalue weighted by molar-refractivity contribution is -0.128. The van der Waals surface area contributed by atoms with Crippen molar-refractivity contribution < 1.29 is 17.9 Å². The zero-order valence-corrected chi connectivity index (χ0v) is 17.2. The first-order valence-electron chi connectivity index (χ1n) is 9.48. The number of hydrogen-bond donors (Lipinski definition) is 1. The van der Waals surface area contributed by atoms with Gasteiger partial charge in [-0.2, -0.15) is 0 Å². The third-order valence-electron chi connectivity index (χ3n) is 4.93. The Labute approximate surface area is 166 Å². The molecule has 0 bridgehead atoms. The number of carbonyl (C=O) groups excluding carboxylic acids is 1. The summed E-state index contributed by atoms with van der Waals surface area (Å²) in [6.07, 6.45) is -0.189. The minimum Gasteiger partial charge on any atom is -0.476 e. The molecule has 2 aromatic rings. The quantitative estimate of drug-likeness (QED) is 0.805. The molecule has 6 nitrogen and oxygen atoms in total. The van der Waals surface area contributed by atoms with Crippen molar-refractivity contribution in [1.29, 1.82) is 0 Å². The second-order valence-corrected chi connectivity index (χ2v) is 9.07. The lowest BCUT2D eigenvalue weighted by atomic mass is 10.0. The second kappa shape index (κ2) is 8.22. The molecule has 0 saturated heterocycles. The molecule has 1 aliphatic rings. The number of anilines is 1. The number of para-hydroxylation sites is 2. The molecule has 0 aliphatic carbocycles. The summed E-state index contributed by atoms with van der Waals surface area (Å²) in [5, 5.41) is 3.01. The molecule has 2 aromatic carbocycles. The standard InChI is InChI=1S/C21H26N2O4S/c1-4-17(16-12-10-15(3)11-13-16)22-21(24)20-14-23(28(25,26)5-2)18-8-6-7-9-19(18)27-20/h6-13,17,20H,4-5,14H2,1-3H3,(H,22,24)/t17-,20-/m0/s1. The SMILES string of the molecule is CC[C@H](NC(=O)[C@@H]1CN(S(=O)(=O)CC)c2ccccc2O1)c1ccc(C)cc1. The summed E-state index contributed by atoms with van der Waals surface area (Å²) in [5.74, 6) is 0.0314. The van der Waals surface area contributed by atoms with Gasteiger partial charge in [-0.05, 0) is 38.0 Å². The van der Waals surface area contributed by atoms with Crippen LogP contribution >= 0.6 is 0 Å². The Balaban J connectivity index is 1.83. The number of carbonyl (C=O) groups is 1. The van der Waals surface area contributed by atoms with E-state index in [1.807, 2.05) is 38.1 Å². The number of nitrogens with zero attached hydrogens (tertiary/aromatic N) is 1. The molecule has 0 aromatic heterocycles. The number of rotatable bonds is 6. The van der Waals surface area contributed by atoms with Crippen LogP contribution in [0.2, 0.25) is 0 Å². The minimum absolute atomic E-state index is 0.0383. The molecule has 150 valence electrons. The number of nitrogens with one attached hydrogen (secondary N) is 1. The van der Waals surface area contributed by atoms with E-state index in [9.17, 15) is 13.2 Å². The van der Waals surface area contributed by atoms with Crippen LogP contribution in [0, 0.1) is 6.92 Å². The Kier molecular flexibility index (Phi) is 5.93. The second-order valence-electron chi connectivity index (χ2n) is 6.89. The number of aryl methyl sites for hydroxylation is 1. The van der Waals surface area contributed by atoms with Crippen LogP contribution in [0.15, 0.2) is 48.5 Å². The monoisotopic (exact) mass is 402 g/mol. The summed E-state index contributed by atoms with van der Waals surface area (Å²) < 4.78 is 32.2. The molecule has 3 rings (SSSR count). The van der Waals surface area contributed by atoms with Crippen molar-refractivity contribution in [3.05, 3.63) is 59.7 Å². The molecule has 0 spiro atoms. The van der Waals surface area contributed by atoms with E-state index in [0.29, 0.717) is 11.4 Å². The summed E-state index contributed by atoms with van der Waals surface area (Å²) in [4.78, 5) is 12.9. The smallest absolute Gasteiger partial charge is 0.263 e. The van der Waals surface area contributed by atoms with Gasteiger partial charge in [0, 0.05) is 0 Å². The van der Waals surface area contributed by atoms with Gasteiger partial charge in [-0.25, -0.2) is 8.42 Å². The maximum absolute atomic E-state index is 12.9. The highest BCUT2D eigenvalue weighted by molar-refractivity contribution is 7.92. The Morgan fingerprint density at radius 3 is 2.50 bits per heavy atom. The Bertz CT molecular complexity index is 941. The van der Waals surface area contributed by atoms with E-state index in [4.69, 9.17) is 4.74 Å². The molecule has 1 aliphatic heterocycles. The van der Waals surface area contributed by atoms with Gasteiger partial charge >= 0.3 is 0 Å². The molecule has 0 fully saturated rings. The third-order valence-corrected chi connectivity index (χ3v) is 6.68. The molecule has 2 atom stereocenters. The minimum atomic E-state index is -3.52. The normalized spacial score (nSPS) is 17.4. The fourth-order valence-electron chi connectivity index (χ4n) is 3.24. The van der Waals surface area contributed by atoms with E-state index in [1.54, 1.807) is 31.2 Å². The van der Waals surface area contributed by atoms with Crippen LogP contribution < -0.4 is 14.4 Å². The van der Waals surface area contributed by atoms with Gasteiger partial charge in [0.1, 0.15) is 5.75 Å². The zero-order valence-electron chi connectivity index (χ0n) is 16.4. The molecule has 1 amide bonds. The molecule has 0 radical (unpaired) electrons. The van der Waals surface area contributed by atoms with Crippen molar-refractivity contribution >= 4 is 21.6 Å². The van der Waals surface area contributed by atoms with Gasteiger partial charge in [0.05, 0.1) is 24.0 Å². The van der Waals surface area contributed by atoms with Gasteiger partial charge < -0.3 is 10.1 Å². The van der Waals surface area contributed by atoms with Gasteiger partial charge in [-0.1, -0.05) is 48.9 Å².